The quantitative estimate of drug-likeness (QED) is 0.890. The lowest BCUT2D eigenvalue weighted by molar-refractivity contribution is -0.118. The molecular weight excluding hydrogens is 318 g/mol. The van der Waals surface area contributed by atoms with Gasteiger partial charge in [-0.25, -0.2) is 0 Å². The molecule has 2 aromatic rings. The predicted molar refractivity (Wildman–Crippen MR) is 95.4 cm³/mol. The van der Waals surface area contributed by atoms with Crippen molar-refractivity contribution in [3.63, 3.8) is 0 Å². The Morgan fingerprint density at radius 2 is 2.20 bits per heavy atom. The van der Waals surface area contributed by atoms with E-state index < -0.39 is 0 Å². The van der Waals surface area contributed by atoms with E-state index in [1.807, 2.05) is 20.0 Å². The summed E-state index contributed by atoms with van der Waals surface area (Å²) in [6.07, 6.45) is 5.06. The second-order valence-corrected chi connectivity index (χ2v) is 7.78. The largest absolute Gasteiger partial charge is 0.338 e. The zero-order chi connectivity index (χ0) is 18.2. The number of aryl methyl sites for hydroxylation is 1. The van der Waals surface area contributed by atoms with Gasteiger partial charge in [-0.2, -0.15) is 5.10 Å². The average molecular weight is 345 g/mol. The first-order valence-electron chi connectivity index (χ1n) is 8.83. The molecule has 2 heterocycles. The lowest BCUT2D eigenvalue weighted by atomic mass is 9.91. The van der Waals surface area contributed by atoms with Crippen LogP contribution in [0.25, 0.3) is 0 Å². The summed E-state index contributed by atoms with van der Waals surface area (Å²) in [7, 11) is 0. The molecule has 0 aliphatic heterocycles. The van der Waals surface area contributed by atoms with E-state index in [0.29, 0.717) is 5.88 Å². The molecule has 1 aliphatic carbocycles. The molecule has 1 amide bonds. The summed E-state index contributed by atoms with van der Waals surface area (Å²) >= 11 is 0. The Labute approximate surface area is 148 Å². The molecule has 2 aromatic heterocycles. The smallest absolute Gasteiger partial charge is 0.243 e. The average Bonchev–Trinajstić information content (AvgIpc) is 3.13. The van der Waals surface area contributed by atoms with Gasteiger partial charge in [0.15, 0.2) is 0 Å². The van der Waals surface area contributed by atoms with Crippen LogP contribution in [0.3, 0.4) is 0 Å². The standard InChI is InChI=1S/C18H27N5O2/c1-11-9-16(25-22-11)21-17(24)12(2)20-14-7-6-8-15-13(14)10-19-23(15)18(3,4)5/h9-10,12,14,20H,6-8H2,1-5H3,(H,21,24). The number of amides is 1. The first kappa shape index (κ1) is 17.7. The van der Waals surface area contributed by atoms with Crippen molar-refractivity contribution in [2.24, 2.45) is 0 Å². The van der Waals surface area contributed by atoms with E-state index in [4.69, 9.17) is 4.52 Å². The Morgan fingerprint density at radius 3 is 2.84 bits per heavy atom. The van der Waals surface area contributed by atoms with Gasteiger partial charge in [0.1, 0.15) is 0 Å². The number of nitrogens with one attached hydrogen (secondary N) is 2. The second-order valence-electron chi connectivity index (χ2n) is 7.78. The van der Waals surface area contributed by atoms with Crippen LogP contribution >= 0.6 is 0 Å². The number of nitrogens with zero attached hydrogens (tertiary/aromatic N) is 3. The fourth-order valence-electron chi connectivity index (χ4n) is 3.34. The van der Waals surface area contributed by atoms with Crippen molar-refractivity contribution < 1.29 is 9.32 Å². The summed E-state index contributed by atoms with van der Waals surface area (Å²) in [5.74, 6) is 0.243. The Kier molecular flexibility index (Phi) is 4.69. The van der Waals surface area contributed by atoms with Crippen molar-refractivity contribution in [3.05, 3.63) is 29.2 Å². The number of hydrogen-bond donors (Lipinski definition) is 2. The third-order valence-corrected chi connectivity index (χ3v) is 4.54. The number of anilines is 1. The first-order valence-corrected chi connectivity index (χ1v) is 8.83. The van der Waals surface area contributed by atoms with E-state index >= 15 is 0 Å². The molecule has 136 valence electrons. The maximum atomic E-state index is 12.4. The molecule has 0 bridgehead atoms. The highest BCUT2D eigenvalue weighted by Gasteiger charge is 2.29. The summed E-state index contributed by atoms with van der Waals surface area (Å²) in [5.41, 5.74) is 3.18. The molecule has 0 saturated heterocycles. The predicted octanol–water partition coefficient (Wildman–Crippen LogP) is 2.93. The van der Waals surface area contributed by atoms with E-state index in [-0.39, 0.29) is 23.5 Å². The van der Waals surface area contributed by atoms with Gasteiger partial charge in [-0.05, 0) is 53.9 Å². The van der Waals surface area contributed by atoms with Crippen LogP contribution < -0.4 is 10.6 Å². The van der Waals surface area contributed by atoms with Crippen LogP contribution in [0, 0.1) is 6.92 Å². The maximum absolute atomic E-state index is 12.4. The van der Waals surface area contributed by atoms with Crippen molar-refractivity contribution in [1.82, 2.24) is 20.3 Å². The minimum atomic E-state index is -0.348. The van der Waals surface area contributed by atoms with Crippen molar-refractivity contribution in [3.8, 4) is 0 Å². The highest BCUT2D eigenvalue weighted by molar-refractivity contribution is 5.93. The van der Waals surface area contributed by atoms with Crippen LogP contribution in [0.1, 0.15) is 63.5 Å². The molecule has 0 radical (unpaired) electrons. The zero-order valence-electron chi connectivity index (χ0n) is 15.6. The molecule has 2 N–H and O–H groups in total. The fourth-order valence-corrected chi connectivity index (χ4v) is 3.34. The van der Waals surface area contributed by atoms with E-state index in [1.165, 1.54) is 11.3 Å². The molecule has 0 aromatic carbocycles. The van der Waals surface area contributed by atoms with Crippen LogP contribution in [-0.2, 0) is 16.8 Å². The van der Waals surface area contributed by atoms with Crippen LogP contribution in [-0.4, -0.2) is 26.9 Å². The highest BCUT2D eigenvalue weighted by atomic mass is 16.5. The van der Waals surface area contributed by atoms with E-state index in [2.05, 4.69) is 46.3 Å². The third-order valence-electron chi connectivity index (χ3n) is 4.54. The van der Waals surface area contributed by atoms with E-state index in [9.17, 15) is 4.79 Å². The molecule has 1 aliphatic rings. The summed E-state index contributed by atoms with van der Waals surface area (Å²) in [5, 5.41) is 14.6. The number of hydrogen-bond acceptors (Lipinski definition) is 5. The molecule has 3 rings (SSSR count). The molecule has 2 atom stereocenters. The van der Waals surface area contributed by atoms with Gasteiger partial charge in [0.25, 0.3) is 0 Å². The van der Waals surface area contributed by atoms with Crippen LogP contribution in [0.2, 0.25) is 0 Å². The first-order chi connectivity index (χ1) is 11.8. The minimum absolute atomic E-state index is 0.0391. The van der Waals surface area contributed by atoms with Gasteiger partial charge >= 0.3 is 0 Å². The fraction of sp³-hybridized carbons (Fsp3) is 0.611. The normalized spacial score (nSPS) is 18.7. The van der Waals surface area contributed by atoms with Crippen LogP contribution in [0.15, 0.2) is 16.8 Å². The molecule has 7 nitrogen and oxygen atoms in total. The van der Waals surface area contributed by atoms with E-state index in [0.717, 1.165) is 25.0 Å². The number of fused-ring (bicyclic) bond motifs is 1. The highest BCUT2D eigenvalue weighted by Crippen LogP contribution is 2.32. The van der Waals surface area contributed by atoms with Crippen molar-refractivity contribution in [2.75, 3.05) is 5.32 Å². The molecule has 2 unspecified atom stereocenters. The molecule has 7 heteroatoms. The van der Waals surface area contributed by atoms with Crippen molar-refractivity contribution >= 4 is 11.8 Å². The van der Waals surface area contributed by atoms with Crippen LogP contribution in [0.5, 0.6) is 0 Å². The SMILES string of the molecule is Cc1cc(NC(=O)C(C)NC2CCCc3c2cnn3C(C)(C)C)on1. The Hall–Kier alpha value is -2.15. The molecule has 0 saturated carbocycles. The Bertz CT molecular complexity index is 756. The van der Waals surface area contributed by atoms with Gasteiger partial charge in [0, 0.05) is 23.4 Å². The van der Waals surface area contributed by atoms with Gasteiger partial charge in [0.2, 0.25) is 11.8 Å². The van der Waals surface area contributed by atoms with E-state index in [1.54, 1.807) is 6.07 Å². The lowest BCUT2D eigenvalue weighted by Gasteiger charge is -2.29. The topological polar surface area (TPSA) is 85.0 Å². The molecular formula is C18H27N5O2. The lowest BCUT2D eigenvalue weighted by Crippen LogP contribution is -2.41. The zero-order valence-corrected chi connectivity index (χ0v) is 15.6. The minimum Gasteiger partial charge on any atom is -0.338 e. The molecule has 25 heavy (non-hydrogen) atoms. The van der Waals surface area contributed by atoms with Crippen LogP contribution in [0.4, 0.5) is 5.88 Å². The van der Waals surface area contributed by atoms with Crippen molar-refractivity contribution in [2.45, 2.75) is 71.5 Å². The van der Waals surface area contributed by atoms with Gasteiger partial charge in [-0.3, -0.25) is 20.1 Å². The number of carbonyl (C=O) groups is 1. The monoisotopic (exact) mass is 345 g/mol. The maximum Gasteiger partial charge on any atom is 0.243 e. The number of carbonyl (C=O) groups excluding carboxylic acids is 1. The van der Waals surface area contributed by atoms with Crippen molar-refractivity contribution in [1.29, 1.82) is 0 Å². The third kappa shape index (κ3) is 3.76. The number of aromatic nitrogens is 3. The Balaban J connectivity index is 1.70. The molecule has 0 spiro atoms. The van der Waals surface area contributed by atoms with Gasteiger partial charge < -0.3 is 4.52 Å². The van der Waals surface area contributed by atoms with Gasteiger partial charge in [-0.1, -0.05) is 5.16 Å². The summed E-state index contributed by atoms with van der Waals surface area (Å²) in [6.45, 7) is 10.2. The second kappa shape index (κ2) is 6.63. The van der Waals surface area contributed by atoms with Gasteiger partial charge in [0.05, 0.1) is 23.5 Å². The summed E-state index contributed by atoms with van der Waals surface area (Å²) in [6, 6.07) is 1.49. The molecule has 0 fully saturated rings. The Morgan fingerprint density at radius 1 is 1.44 bits per heavy atom. The summed E-state index contributed by atoms with van der Waals surface area (Å²) < 4.78 is 7.16. The van der Waals surface area contributed by atoms with Gasteiger partial charge in [-0.15, -0.1) is 0 Å². The number of rotatable bonds is 4. The summed E-state index contributed by atoms with van der Waals surface area (Å²) in [4.78, 5) is 12.4.